The lowest BCUT2D eigenvalue weighted by molar-refractivity contribution is -0.118. The summed E-state index contributed by atoms with van der Waals surface area (Å²) in [5.74, 6) is -0.908. The molecule has 134 valence electrons. The molecule has 0 fully saturated rings. The Morgan fingerprint density at radius 3 is 2.19 bits per heavy atom. The fraction of sp³-hybridized carbons (Fsp3) is 0.111. The van der Waals surface area contributed by atoms with Crippen molar-refractivity contribution in [3.8, 4) is 22.4 Å². The molecule has 3 aromatic rings. The molecular weight excluding hydrogens is 357 g/mol. The highest BCUT2D eigenvalue weighted by Crippen LogP contribution is 2.31. The topological polar surface area (TPSA) is 95.1 Å². The highest BCUT2D eigenvalue weighted by atomic mass is 32.2. The maximum atomic E-state index is 13.2. The van der Waals surface area contributed by atoms with Crippen LogP contribution < -0.4 is 5.73 Å². The monoisotopic (exact) mass is 373 g/mol. The van der Waals surface area contributed by atoms with Crippen LogP contribution in [0.2, 0.25) is 0 Å². The molecule has 0 aliphatic carbocycles. The number of hydrogen-bond donors (Lipinski definition) is 1. The lowest BCUT2D eigenvalue weighted by Crippen LogP contribution is -2.18. The number of nitrogens with two attached hydrogens (primary N) is 1. The van der Waals surface area contributed by atoms with E-state index in [0.717, 1.165) is 6.26 Å². The van der Waals surface area contributed by atoms with E-state index < -0.39 is 15.7 Å². The summed E-state index contributed by atoms with van der Waals surface area (Å²) in [6.07, 6.45) is 2.78. The summed E-state index contributed by atoms with van der Waals surface area (Å²) in [5.41, 5.74) is 7.83. The zero-order chi connectivity index (χ0) is 18.9. The minimum atomic E-state index is -3.31. The second-order valence-electron chi connectivity index (χ2n) is 5.86. The molecule has 0 unspecified atom stereocenters. The number of amides is 1. The Balaban J connectivity index is 2.11. The smallest absolute Gasteiger partial charge is 0.239 e. The molecule has 6 nitrogen and oxygen atoms in total. The van der Waals surface area contributed by atoms with Gasteiger partial charge in [-0.3, -0.25) is 9.48 Å². The molecular formula is C18H16FN3O3S. The first kappa shape index (κ1) is 17.8. The summed E-state index contributed by atoms with van der Waals surface area (Å²) in [7, 11) is -3.31. The van der Waals surface area contributed by atoms with Crippen LogP contribution in [0.1, 0.15) is 0 Å². The van der Waals surface area contributed by atoms with Crippen LogP contribution in [0.5, 0.6) is 0 Å². The van der Waals surface area contributed by atoms with Crippen molar-refractivity contribution in [2.75, 3.05) is 6.26 Å². The average Bonchev–Trinajstić information content (AvgIpc) is 2.98. The summed E-state index contributed by atoms with van der Waals surface area (Å²) in [6, 6.07) is 12.1. The first-order valence-electron chi connectivity index (χ1n) is 7.66. The lowest BCUT2D eigenvalue weighted by Gasteiger charge is -2.04. The standard InChI is InChI=1S/C18H16FN3O3S/c1-26(24,25)15-8-4-13(5-9-15)18-16(10-22(21-18)11-17(20)23)12-2-6-14(19)7-3-12/h2-10H,11H2,1H3,(H2,20,23). The maximum Gasteiger partial charge on any atom is 0.239 e. The fourth-order valence-electron chi connectivity index (χ4n) is 2.58. The molecule has 1 amide bonds. The van der Waals surface area contributed by atoms with Crippen LogP contribution in [0.3, 0.4) is 0 Å². The Morgan fingerprint density at radius 1 is 1.08 bits per heavy atom. The van der Waals surface area contributed by atoms with Gasteiger partial charge in [0.25, 0.3) is 0 Å². The van der Waals surface area contributed by atoms with Crippen molar-refractivity contribution in [2.45, 2.75) is 11.4 Å². The van der Waals surface area contributed by atoms with Crippen molar-refractivity contribution in [1.29, 1.82) is 0 Å². The Morgan fingerprint density at radius 2 is 1.65 bits per heavy atom. The molecule has 3 rings (SSSR count). The molecule has 2 N–H and O–H groups in total. The third-order valence-electron chi connectivity index (χ3n) is 3.79. The first-order chi connectivity index (χ1) is 12.2. The largest absolute Gasteiger partial charge is 0.368 e. The highest BCUT2D eigenvalue weighted by molar-refractivity contribution is 7.90. The Labute approximate surface area is 150 Å². The van der Waals surface area contributed by atoms with Gasteiger partial charge in [-0.1, -0.05) is 24.3 Å². The maximum absolute atomic E-state index is 13.2. The predicted molar refractivity (Wildman–Crippen MR) is 95.4 cm³/mol. The molecule has 26 heavy (non-hydrogen) atoms. The molecule has 8 heteroatoms. The molecule has 1 aromatic heterocycles. The summed E-state index contributed by atoms with van der Waals surface area (Å²) in [6.45, 7) is -0.102. The molecule has 1 heterocycles. The lowest BCUT2D eigenvalue weighted by atomic mass is 10.0. The van der Waals surface area contributed by atoms with E-state index in [0.29, 0.717) is 22.4 Å². The summed E-state index contributed by atoms with van der Waals surface area (Å²) < 4.78 is 37.9. The first-order valence-corrected chi connectivity index (χ1v) is 9.55. The number of carbonyl (C=O) groups excluding carboxylic acids is 1. The molecule has 0 spiro atoms. The van der Waals surface area contributed by atoms with E-state index in [4.69, 9.17) is 5.73 Å². The van der Waals surface area contributed by atoms with Crippen molar-refractivity contribution < 1.29 is 17.6 Å². The summed E-state index contributed by atoms with van der Waals surface area (Å²) in [4.78, 5) is 11.4. The molecule has 0 saturated carbocycles. The van der Waals surface area contributed by atoms with Crippen LogP contribution in [0, 0.1) is 5.82 Å². The molecule has 0 aliphatic heterocycles. The van der Waals surface area contributed by atoms with Crippen LogP contribution >= 0.6 is 0 Å². The second-order valence-corrected chi connectivity index (χ2v) is 7.87. The summed E-state index contributed by atoms with van der Waals surface area (Å²) >= 11 is 0. The van der Waals surface area contributed by atoms with Gasteiger partial charge in [-0.2, -0.15) is 5.10 Å². The SMILES string of the molecule is CS(=O)(=O)c1ccc(-c2nn(CC(N)=O)cc2-c2ccc(F)cc2)cc1. The van der Waals surface area contributed by atoms with Gasteiger partial charge in [-0.15, -0.1) is 0 Å². The molecule has 0 atom stereocenters. The van der Waals surface area contributed by atoms with E-state index >= 15 is 0 Å². The third-order valence-corrected chi connectivity index (χ3v) is 4.92. The van der Waals surface area contributed by atoms with Gasteiger partial charge in [0.05, 0.1) is 4.90 Å². The highest BCUT2D eigenvalue weighted by Gasteiger charge is 2.15. The van der Waals surface area contributed by atoms with Crippen molar-refractivity contribution in [3.05, 3.63) is 60.5 Å². The van der Waals surface area contributed by atoms with Crippen molar-refractivity contribution >= 4 is 15.7 Å². The number of hydrogen-bond acceptors (Lipinski definition) is 4. The van der Waals surface area contributed by atoms with Gasteiger partial charge in [0.15, 0.2) is 9.84 Å². The van der Waals surface area contributed by atoms with E-state index in [-0.39, 0.29) is 17.3 Å². The second kappa shape index (κ2) is 6.72. The zero-order valence-corrected chi connectivity index (χ0v) is 14.7. The van der Waals surface area contributed by atoms with Gasteiger partial charge >= 0.3 is 0 Å². The van der Waals surface area contributed by atoms with Crippen LogP contribution in [-0.4, -0.2) is 30.4 Å². The fourth-order valence-corrected chi connectivity index (χ4v) is 3.21. The minimum Gasteiger partial charge on any atom is -0.368 e. The van der Waals surface area contributed by atoms with E-state index in [1.165, 1.54) is 28.9 Å². The molecule has 0 radical (unpaired) electrons. The Hall–Kier alpha value is -3.00. The molecule has 0 aliphatic rings. The van der Waals surface area contributed by atoms with Crippen LogP contribution in [0.4, 0.5) is 4.39 Å². The van der Waals surface area contributed by atoms with Gasteiger partial charge in [-0.05, 0) is 29.8 Å². The van der Waals surface area contributed by atoms with Crippen LogP contribution in [0.25, 0.3) is 22.4 Å². The predicted octanol–water partition coefficient (Wildman–Crippen LogP) is 2.25. The molecule has 0 saturated heterocycles. The van der Waals surface area contributed by atoms with E-state index in [9.17, 15) is 17.6 Å². The average molecular weight is 373 g/mol. The van der Waals surface area contributed by atoms with Crippen LogP contribution in [0.15, 0.2) is 59.6 Å². The Bertz CT molecular complexity index is 1060. The number of nitrogens with zero attached hydrogens (tertiary/aromatic N) is 2. The van der Waals surface area contributed by atoms with E-state index in [1.54, 1.807) is 30.5 Å². The van der Waals surface area contributed by atoms with Gasteiger partial charge in [0, 0.05) is 23.6 Å². The summed E-state index contributed by atoms with van der Waals surface area (Å²) in [5, 5.41) is 4.38. The minimum absolute atomic E-state index is 0.102. The Kier molecular flexibility index (Phi) is 4.60. The number of rotatable bonds is 5. The van der Waals surface area contributed by atoms with Gasteiger partial charge < -0.3 is 5.73 Å². The normalized spacial score (nSPS) is 11.5. The third kappa shape index (κ3) is 3.80. The van der Waals surface area contributed by atoms with E-state index in [1.807, 2.05) is 0 Å². The van der Waals surface area contributed by atoms with Crippen LogP contribution in [-0.2, 0) is 21.2 Å². The zero-order valence-electron chi connectivity index (χ0n) is 13.9. The van der Waals surface area contributed by atoms with Crippen molar-refractivity contribution in [3.63, 3.8) is 0 Å². The molecule has 0 bridgehead atoms. The van der Waals surface area contributed by atoms with Gasteiger partial charge in [0.1, 0.15) is 18.1 Å². The number of primary amides is 1. The van der Waals surface area contributed by atoms with Gasteiger partial charge in [-0.25, -0.2) is 12.8 Å². The van der Waals surface area contributed by atoms with E-state index in [2.05, 4.69) is 5.10 Å². The number of aromatic nitrogens is 2. The number of sulfone groups is 1. The number of carbonyl (C=O) groups is 1. The van der Waals surface area contributed by atoms with Crippen molar-refractivity contribution in [2.24, 2.45) is 5.73 Å². The number of benzene rings is 2. The van der Waals surface area contributed by atoms with Crippen molar-refractivity contribution in [1.82, 2.24) is 9.78 Å². The number of halogens is 1. The van der Waals surface area contributed by atoms with Gasteiger partial charge in [0.2, 0.25) is 5.91 Å². The molecule has 2 aromatic carbocycles. The quantitative estimate of drug-likeness (QED) is 0.742.